The monoisotopic (exact) mass is 461 g/mol. The minimum atomic E-state index is 0.104. The molecular formula is C26H27N3O3S. The fraction of sp³-hybridized carbons (Fsp3) is 0.462. The van der Waals surface area contributed by atoms with Gasteiger partial charge in [-0.05, 0) is 49.1 Å². The summed E-state index contributed by atoms with van der Waals surface area (Å²) in [6.07, 6.45) is 6.92. The van der Waals surface area contributed by atoms with Gasteiger partial charge in [-0.2, -0.15) is 4.73 Å². The lowest BCUT2D eigenvalue weighted by atomic mass is 9.53. The number of rotatable bonds is 0. The number of amides is 1. The number of pyridine rings is 1. The van der Waals surface area contributed by atoms with Crippen molar-refractivity contribution in [2.45, 2.75) is 42.9 Å². The fourth-order valence-corrected chi connectivity index (χ4v) is 8.07. The molecule has 6 atom stereocenters. The van der Waals surface area contributed by atoms with Crippen molar-refractivity contribution in [3.05, 3.63) is 70.5 Å². The number of ether oxygens (including phenoxy) is 1. The maximum Gasteiger partial charge on any atom is 0.229 e. The number of hydrogen-bond acceptors (Lipinski definition) is 5. The Morgan fingerprint density at radius 1 is 1.15 bits per heavy atom. The summed E-state index contributed by atoms with van der Waals surface area (Å²) in [5.74, 6) is 1.35. The van der Waals surface area contributed by atoms with Crippen LogP contribution in [0.25, 0.3) is 0 Å². The molecule has 1 N–H and O–H groups in total. The normalized spacial score (nSPS) is 37.0. The van der Waals surface area contributed by atoms with Gasteiger partial charge in [0.1, 0.15) is 4.64 Å². The Balaban J connectivity index is 0.000000205. The van der Waals surface area contributed by atoms with Crippen molar-refractivity contribution in [2.24, 2.45) is 11.8 Å². The second-order valence-electron chi connectivity index (χ2n) is 10.2. The van der Waals surface area contributed by atoms with Gasteiger partial charge in [0.25, 0.3) is 0 Å². The summed E-state index contributed by atoms with van der Waals surface area (Å²) in [6, 6.07) is 14.8. The standard InChI is InChI=1S/C21H22N2O2.C5H5NOS/c24-18-10-16-19-13-9-17-21(6-7-22(17)11-12(13)5-8-25-16)14-3-1-2-4-15(14)23(18)20(19)21;7-6-4-2-1-3-5(6)8/h1-5,13,16-17,19-20H,6-11H2;1-4,7H/t13-,16-,17-,19-,20-,21+;/m0./s1. The average molecular weight is 462 g/mol. The van der Waals surface area contributed by atoms with Gasteiger partial charge in [0, 0.05) is 35.8 Å². The average Bonchev–Trinajstić information content (AvgIpc) is 3.30. The predicted octanol–water partition coefficient (Wildman–Crippen LogP) is 3.55. The smallest absolute Gasteiger partial charge is 0.229 e. The molecule has 6 aliphatic rings. The summed E-state index contributed by atoms with van der Waals surface area (Å²) < 4.78 is 7.57. The number of carbonyl (C=O) groups is 1. The zero-order chi connectivity index (χ0) is 22.3. The Hall–Kier alpha value is -2.48. The molecule has 5 aliphatic heterocycles. The van der Waals surface area contributed by atoms with E-state index in [0.717, 1.165) is 11.3 Å². The molecule has 6 nitrogen and oxygen atoms in total. The number of para-hydroxylation sites is 1. The molecule has 1 aliphatic carbocycles. The summed E-state index contributed by atoms with van der Waals surface area (Å²) >= 11 is 4.67. The second kappa shape index (κ2) is 7.01. The van der Waals surface area contributed by atoms with Gasteiger partial charge in [0.05, 0.1) is 25.2 Å². The Bertz CT molecular complexity index is 1240. The summed E-state index contributed by atoms with van der Waals surface area (Å²) in [6.45, 7) is 2.97. The Morgan fingerprint density at radius 2 is 2.00 bits per heavy atom. The van der Waals surface area contributed by atoms with Crippen LogP contribution in [0.3, 0.4) is 0 Å². The quantitative estimate of drug-likeness (QED) is 0.369. The zero-order valence-corrected chi connectivity index (χ0v) is 19.2. The lowest BCUT2D eigenvalue weighted by Crippen LogP contribution is -2.69. The minimum Gasteiger partial charge on any atom is -0.428 e. The van der Waals surface area contributed by atoms with E-state index in [1.54, 1.807) is 23.8 Å². The number of fused-ring (bicyclic) bond motifs is 2. The minimum absolute atomic E-state index is 0.104. The van der Waals surface area contributed by atoms with Gasteiger partial charge in [-0.15, -0.1) is 0 Å². The molecule has 0 radical (unpaired) electrons. The fourth-order valence-electron chi connectivity index (χ4n) is 7.93. The van der Waals surface area contributed by atoms with E-state index in [0.29, 0.717) is 41.6 Å². The first-order chi connectivity index (χ1) is 16.1. The summed E-state index contributed by atoms with van der Waals surface area (Å²) in [5.41, 5.74) is 4.35. The maximum absolute atomic E-state index is 13.2. The highest BCUT2D eigenvalue weighted by Gasteiger charge is 2.70. The molecule has 2 aromatic rings. The van der Waals surface area contributed by atoms with Crippen LogP contribution in [0, 0.1) is 16.5 Å². The number of hydrogen-bond donors (Lipinski definition) is 1. The van der Waals surface area contributed by atoms with Crippen LogP contribution < -0.4 is 4.90 Å². The first-order valence-electron chi connectivity index (χ1n) is 11.9. The van der Waals surface area contributed by atoms with E-state index in [4.69, 9.17) is 9.94 Å². The molecule has 4 fully saturated rings. The third-order valence-electron chi connectivity index (χ3n) is 9.02. The van der Waals surface area contributed by atoms with Crippen molar-refractivity contribution < 1.29 is 14.7 Å². The lowest BCUT2D eigenvalue weighted by molar-refractivity contribution is -0.132. The highest BCUT2D eigenvalue weighted by molar-refractivity contribution is 7.71. The molecular weight excluding hydrogens is 434 g/mol. The van der Waals surface area contributed by atoms with Gasteiger partial charge in [-0.25, -0.2) is 0 Å². The number of carbonyl (C=O) groups excluding carboxylic acids is 1. The van der Waals surface area contributed by atoms with Crippen LogP contribution in [-0.4, -0.2) is 58.6 Å². The Kier molecular flexibility index (Phi) is 4.24. The van der Waals surface area contributed by atoms with Gasteiger partial charge >= 0.3 is 0 Å². The highest BCUT2D eigenvalue weighted by Crippen LogP contribution is 2.65. The van der Waals surface area contributed by atoms with Gasteiger partial charge in [-0.3, -0.25) is 9.69 Å². The van der Waals surface area contributed by atoms with E-state index in [2.05, 4.69) is 52.4 Å². The molecule has 1 aromatic carbocycles. The predicted molar refractivity (Wildman–Crippen MR) is 126 cm³/mol. The molecule has 0 unspecified atom stereocenters. The van der Waals surface area contributed by atoms with E-state index in [1.165, 1.54) is 36.8 Å². The number of nitrogens with zero attached hydrogens (tertiary/aromatic N) is 3. The van der Waals surface area contributed by atoms with Crippen LogP contribution in [0.5, 0.6) is 0 Å². The van der Waals surface area contributed by atoms with Crippen LogP contribution in [0.4, 0.5) is 5.69 Å². The number of aromatic nitrogens is 1. The third-order valence-corrected chi connectivity index (χ3v) is 9.34. The van der Waals surface area contributed by atoms with Crippen LogP contribution >= 0.6 is 12.2 Å². The van der Waals surface area contributed by atoms with E-state index in [1.807, 2.05) is 0 Å². The molecule has 1 spiro atoms. The molecule has 3 saturated heterocycles. The number of anilines is 1. The molecule has 1 saturated carbocycles. The van der Waals surface area contributed by atoms with Crippen molar-refractivity contribution >= 4 is 23.8 Å². The molecule has 1 aromatic heterocycles. The zero-order valence-electron chi connectivity index (χ0n) is 18.3. The van der Waals surface area contributed by atoms with Crippen LogP contribution in [-0.2, 0) is 14.9 Å². The molecule has 7 heteroatoms. The van der Waals surface area contributed by atoms with Crippen LogP contribution in [0.15, 0.2) is 60.3 Å². The molecule has 6 heterocycles. The SMILES string of the molecule is O=C1C[C@@H]2OCC=C3CN4CC[C@]56c7ccccc7N1[C@H]5[C@H]2[C@H]3C[C@H]46.On1ccccc1=S. The van der Waals surface area contributed by atoms with Crippen molar-refractivity contribution in [3.8, 4) is 0 Å². The maximum atomic E-state index is 13.2. The molecule has 1 amide bonds. The Morgan fingerprint density at radius 3 is 2.82 bits per heavy atom. The van der Waals surface area contributed by atoms with Gasteiger partial charge < -0.3 is 14.8 Å². The van der Waals surface area contributed by atoms with Crippen LogP contribution in [0.1, 0.15) is 24.8 Å². The van der Waals surface area contributed by atoms with E-state index < -0.39 is 0 Å². The van der Waals surface area contributed by atoms with Gasteiger partial charge in [-0.1, -0.05) is 48.1 Å². The largest absolute Gasteiger partial charge is 0.428 e. The van der Waals surface area contributed by atoms with Crippen molar-refractivity contribution in [2.75, 3.05) is 24.6 Å². The summed E-state index contributed by atoms with van der Waals surface area (Å²) in [4.78, 5) is 18.1. The lowest BCUT2D eigenvalue weighted by Gasteiger charge is -2.58. The third kappa shape index (κ3) is 2.56. The van der Waals surface area contributed by atoms with E-state index in [-0.39, 0.29) is 17.4 Å². The van der Waals surface area contributed by atoms with Crippen LogP contribution in [0.2, 0.25) is 0 Å². The van der Waals surface area contributed by atoms with Crippen molar-refractivity contribution in [1.82, 2.24) is 9.63 Å². The molecule has 33 heavy (non-hydrogen) atoms. The summed E-state index contributed by atoms with van der Waals surface area (Å²) in [5, 5.41) is 8.73. The number of piperidine rings is 2. The second-order valence-corrected chi connectivity index (χ2v) is 10.6. The van der Waals surface area contributed by atoms with Crippen molar-refractivity contribution in [3.63, 3.8) is 0 Å². The highest BCUT2D eigenvalue weighted by atomic mass is 32.1. The summed E-state index contributed by atoms with van der Waals surface area (Å²) in [7, 11) is 0. The number of benzene rings is 1. The topological polar surface area (TPSA) is 57.9 Å². The van der Waals surface area contributed by atoms with Gasteiger partial charge in [0.2, 0.25) is 5.91 Å². The molecule has 8 rings (SSSR count). The first-order valence-corrected chi connectivity index (χ1v) is 12.3. The van der Waals surface area contributed by atoms with Gasteiger partial charge in [0.15, 0.2) is 0 Å². The van der Waals surface area contributed by atoms with Crippen molar-refractivity contribution in [1.29, 1.82) is 0 Å². The van der Waals surface area contributed by atoms with E-state index in [9.17, 15) is 4.79 Å². The molecule has 2 bridgehead atoms. The Labute approximate surface area is 198 Å². The molecule has 170 valence electrons. The van der Waals surface area contributed by atoms with E-state index >= 15 is 0 Å². The first kappa shape index (κ1) is 19.9.